The van der Waals surface area contributed by atoms with Crippen molar-refractivity contribution in [3.05, 3.63) is 347 Å². The fourth-order valence-electron chi connectivity index (χ4n) is 13.7. The smallest absolute Gasteiger partial charge is 0.187 e. The van der Waals surface area contributed by atoms with Crippen molar-refractivity contribution in [2.45, 2.75) is 159 Å². The molecule has 17 heteroatoms. The van der Waals surface area contributed by atoms with Crippen LogP contribution in [0, 0.1) is 0 Å². The molecule has 8 unspecified atom stereocenters. The Morgan fingerprint density at radius 1 is 0.297 bits per heavy atom. The molecule has 2 N–H and O–H groups in total. The number of rotatable bonds is 43. The fourth-order valence-corrected chi connectivity index (χ4v) is 13.7. The number of benzene rings is 11. The quantitative estimate of drug-likeness (QED) is 0.0368. The zero-order chi connectivity index (χ0) is 76.4. The number of hydrogen-bond acceptors (Lipinski definition) is 17. The molecule has 17 nitrogen and oxygen atoms in total. The van der Waals surface area contributed by atoms with Gasteiger partial charge in [-0.1, -0.05) is 292 Å². The van der Waals surface area contributed by atoms with E-state index in [1.807, 2.05) is 176 Å². The predicted octanol–water partition coefficient (Wildman–Crippen LogP) is 16.1. The first-order valence-electron chi connectivity index (χ1n) is 38.4. The number of hydrogen-bond donors (Lipinski definition) is 2. The highest BCUT2D eigenvalue weighted by Gasteiger charge is 2.48. The van der Waals surface area contributed by atoms with E-state index in [0.29, 0.717) is 52.9 Å². The zero-order valence-electron chi connectivity index (χ0n) is 63.5. The van der Waals surface area contributed by atoms with Crippen molar-refractivity contribution in [2.24, 2.45) is 0 Å². The maximum Gasteiger partial charge on any atom is 0.187 e. The van der Waals surface area contributed by atoms with Crippen LogP contribution in [0.3, 0.4) is 0 Å². The lowest BCUT2D eigenvalue weighted by atomic mass is 10.1. The van der Waals surface area contributed by atoms with Crippen molar-refractivity contribution >= 4 is 21.5 Å². The van der Waals surface area contributed by atoms with Crippen LogP contribution < -0.4 is 0 Å². The minimum atomic E-state index is -1.06. The lowest BCUT2D eigenvalue weighted by Crippen LogP contribution is -2.48. The van der Waals surface area contributed by atoms with E-state index in [0.717, 1.165) is 61.9 Å². The van der Waals surface area contributed by atoms with Gasteiger partial charge in [-0.3, -0.25) is 0 Å². The summed E-state index contributed by atoms with van der Waals surface area (Å²) in [4.78, 5) is 0. The largest absolute Gasteiger partial charge is 0.394 e. The molecular weight excluding hydrogens is 1400 g/mol. The van der Waals surface area contributed by atoms with Gasteiger partial charge in [-0.25, -0.2) is 0 Å². The van der Waals surface area contributed by atoms with Crippen molar-refractivity contribution in [3.8, 4) is 0 Å². The summed E-state index contributed by atoms with van der Waals surface area (Å²) < 4.78 is 96.9. The third-order valence-corrected chi connectivity index (χ3v) is 19.8. The summed E-state index contributed by atoms with van der Waals surface area (Å²) in [5, 5.41) is 25.2. The Balaban J connectivity index is 0.000000208. The molecule has 11 aromatic carbocycles. The third kappa shape index (κ3) is 24.9. The molecule has 582 valence electrons. The molecule has 0 aliphatic carbocycles. The molecule has 0 radical (unpaired) electrons. The number of aliphatic hydroxyl groups excluding tert-OH is 2. The maximum atomic E-state index is 10.7. The monoisotopic (exact) mass is 1500 g/mol. The van der Waals surface area contributed by atoms with Gasteiger partial charge in [-0.15, -0.1) is 0 Å². The molecule has 2 aliphatic rings. The number of aliphatic hydroxyl groups is 2. The average Bonchev–Trinajstić information content (AvgIpc) is 1.69. The van der Waals surface area contributed by atoms with Gasteiger partial charge in [0.25, 0.3) is 0 Å². The van der Waals surface area contributed by atoms with Gasteiger partial charge in [0.15, 0.2) is 12.6 Å². The minimum absolute atomic E-state index is 0.0115. The van der Waals surface area contributed by atoms with Crippen molar-refractivity contribution in [1.29, 1.82) is 0 Å². The molecule has 2 fully saturated rings. The highest BCUT2D eigenvalue weighted by atomic mass is 16.7. The summed E-state index contributed by atoms with van der Waals surface area (Å²) in [6.45, 7) is 5.46. The maximum absolute atomic E-state index is 10.7. The minimum Gasteiger partial charge on any atom is -0.394 e. The van der Waals surface area contributed by atoms with Gasteiger partial charge in [-0.2, -0.15) is 0 Å². The molecule has 0 aromatic heterocycles. The van der Waals surface area contributed by atoms with Gasteiger partial charge in [-0.05, 0) is 90.2 Å². The van der Waals surface area contributed by atoms with Crippen molar-refractivity contribution in [1.82, 2.24) is 0 Å². The van der Waals surface area contributed by atoms with E-state index in [1.165, 1.54) is 23.3 Å². The molecule has 13 rings (SSSR count). The summed E-state index contributed by atoms with van der Waals surface area (Å²) in [6, 6.07) is 99.7. The average molecular weight is 1510 g/mol. The van der Waals surface area contributed by atoms with Crippen LogP contribution >= 0.6 is 0 Å². The van der Waals surface area contributed by atoms with Crippen LogP contribution in [0.15, 0.2) is 297 Å². The topological polar surface area (TPSA) is 179 Å². The number of ether oxygens (including phenoxy) is 15. The first-order chi connectivity index (χ1) is 54.8. The molecule has 14 atom stereocenters. The molecule has 2 saturated heterocycles. The van der Waals surface area contributed by atoms with Gasteiger partial charge < -0.3 is 81.3 Å². The van der Waals surface area contributed by atoms with Crippen LogP contribution in [0.1, 0.15) is 63.4 Å². The molecule has 2 aliphatic heterocycles. The second kappa shape index (κ2) is 44.5. The summed E-state index contributed by atoms with van der Waals surface area (Å²) >= 11 is 0. The number of methoxy groups -OCH3 is 2. The Morgan fingerprint density at radius 3 is 0.946 bits per heavy atom. The van der Waals surface area contributed by atoms with E-state index < -0.39 is 73.6 Å². The van der Waals surface area contributed by atoms with E-state index in [9.17, 15) is 10.2 Å². The summed E-state index contributed by atoms with van der Waals surface area (Å²) in [7, 11) is 3.15. The molecule has 11 aromatic rings. The van der Waals surface area contributed by atoms with E-state index in [2.05, 4.69) is 128 Å². The van der Waals surface area contributed by atoms with Gasteiger partial charge in [0.1, 0.15) is 67.1 Å². The summed E-state index contributed by atoms with van der Waals surface area (Å²) in [5.74, 6) is 0. The Kier molecular flexibility index (Phi) is 32.8. The highest BCUT2D eigenvalue weighted by Crippen LogP contribution is 2.33. The van der Waals surface area contributed by atoms with Crippen molar-refractivity contribution in [3.63, 3.8) is 0 Å². The SMILES string of the molecule is CC[C@H]1O[C@@H](OCC(OCc2ccccc2)C(OCc2ccccc2)C(COCc2ccc3ccccc3c2)OCc2ccccc2)[C@@H](OC)C1OCc1ccccc1.CO[C@H]1C(O)[C@@H](CO)O[C@H]1OCC(OCc1ccccc1)C(OCc1ccccc1)C(COCc1ccc2ccccc2c1)OCc1ccccc1. The van der Waals surface area contributed by atoms with Gasteiger partial charge in [0.2, 0.25) is 0 Å². The van der Waals surface area contributed by atoms with E-state index >= 15 is 0 Å². The van der Waals surface area contributed by atoms with Gasteiger partial charge in [0.05, 0.1) is 98.6 Å². The lowest BCUT2D eigenvalue weighted by Gasteiger charge is -2.34. The molecular formula is C94H104O17. The van der Waals surface area contributed by atoms with Crippen LogP contribution in [0.4, 0.5) is 0 Å². The second-order valence-corrected chi connectivity index (χ2v) is 27.8. The van der Waals surface area contributed by atoms with Crippen LogP contribution in [-0.2, 0) is 131 Å². The first-order valence-corrected chi connectivity index (χ1v) is 38.4. The Labute approximate surface area is 652 Å². The Bertz CT molecular complexity index is 4360. The first kappa shape index (κ1) is 81.7. The van der Waals surface area contributed by atoms with Gasteiger partial charge in [0, 0.05) is 14.2 Å². The van der Waals surface area contributed by atoms with Crippen LogP contribution in [0.25, 0.3) is 21.5 Å². The normalized spacial score (nSPS) is 19.9. The van der Waals surface area contributed by atoms with Crippen molar-refractivity contribution < 1.29 is 81.3 Å². The predicted molar refractivity (Wildman–Crippen MR) is 427 cm³/mol. The standard InChI is InChI=1S/C51H56O8.C43H48O9/c1-3-45-49(57-35-41-24-14-7-15-25-41)50(52-2)51(59-45)58-37-47(55-33-39-20-10-5-11-21-39)48(56-34-40-22-12-6-13-23-40)46(54-32-38-18-8-4-9-19-38)36-53-31-42-28-29-43-26-16-17-27-44(43)30-42;1-46-42-40(45)37(24-44)52-43(42)51-30-39(49-27-32-15-7-3-8-16-32)41(50-28-33-17-9-4-10-18-33)38(48-26-31-13-5-2-6-14-31)29-47-25-34-21-22-35-19-11-12-20-36(35)23-34/h4-30,45-51H,3,31-37H2,1-2H3;2-23,37-45H,24-30H2,1H3/t45-,46?,47?,48?,49?,50+,51-;37-,38?,39?,40?,41?,42+,43-/m11/s1. The van der Waals surface area contributed by atoms with Gasteiger partial charge >= 0.3 is 0 Å². The molecule has 0 amide bonds. The number of fused-ring (bicyclic) bond motifs is 2. The Hall–Kier alpha value is -8.74. The molecule has 0 spiro atoms. The van der Waals surface area contributed by atoms with E-state index in [1.54, 1.807) is 7.11 Å². The molecule has 111 heavy (non-hydrogen) atoms. The second-order valence-electron chi connectivity index (χ2n) is 27.8. The summed E-state index contributed by atoms with van der Waals surface area (Å²) in [6.07, 6.45) is -8.31. The zero-order valence-corrected chi connectivity index (χ0v) is 63.5. The Morgan fingerprint density at radius 2 is 0.604 bits per heavy atom. The molecule has 0 bridgehead atoms. The highest BCUT2D eigenvalue weighted by molar-refractivity contribution is 5.83. The molecule has 0 saturated carbocycles. The molecule has 2 heterocycles. The summed E-state index contributed by atoms with van der Waals surface area (Å²) in [5.41, 5.74) is 9.28. The van der Waals surface area contributed by atoms with Crippen LogP contribution in [0.5, 0.6) is 0 Å². The van der Waals surface area contributed by atoms with Crippen LogP contribution in [0.2, 0.25) is 0 Å². The van der Waals surface area contributed by atoms with E-state index in [4.69, 9.17) is 71.1 Å². The lowest BCUT2D eigenvalue weighted by molar-refractivity contribution is -0.220. The van der Waals surface area contributed by atoms with Crippen molar-refractivity contribution in [2.75, 3.05) is 47.3 Å². The van der Waals surface area contributed by atoms with Crippen LogP contribution in [-0.4, -0.2) is 143 Å². The third-order valence-electron chi connectivity index (χ3n) is 19.8. The fraction of sp³-hybridized carbons (Fsp3) is 0.340. The van der Waals surface area contributed by atoms with E-state index in [-0.39, 0.29) is 51.8 Å².